The second-order valence-electron chi connectivity index (χ2n) is 11.6. The molecule has 4 aromatic rings. The van der Waals surface area contributed by atoms with Crippen LogP contribution in [-0.2, 0) is 16.2 Å². The zero-order chi connectivity index (χ0) is 30.2. The number of urea groups is 1. The summed E-state index contributed by atoms with van der Waals surface area (Å²) < 4.78 is 6.07. The second-order valence-corrected chi connectivity index (χ2v) is 11.6. The Kier molecular flexibility index (Phi) is 7.26. The molecular formula is C36H33N3O5. The molecule has 0 radical (unpaired) electrons. The van der Waals surface area contributed by atoms with E-state index in [4.69, 9.17) is 4.74 Å². The summed E-state index contributed by atoms with van der Waals surface area (Å²) >= 11 is 0. The van der Waals surface area contributed by atoms with Crippen molar-refractivity contribution in [3.05, 3.63) is 126 Å². The molecule has 1 N–H and O–H groups in total. The highest BCUT2D eigenvalue weighted by Gasteiger charge is 2.52. The average Bonchev–Trinajstić information content (AvgIpc) is 3.28. The Labute approximate surface area is 256 Å². The van der Waals surface area contributed by atoms with Gasteiger partial charge in [-0.2, -0.15) is 0 Å². The summed E-state index contributed by atoms with van der Waals surface area (Å²) in [5.41, 5.74) is 3.74. The first kappa shape index (κ1) is 27.7. The van der Waals surface area contributed by atoms with Crippen LogP contribution in [-0.4, -0.2) is 57.5 Å². The lowest BCUT2D eigenvalue weighted by atomic mass is 9.89. The van der Waals surface area contributed by atoms with Gasteiger partial charge in [0.25, 0.3) is 0 Å². The summed E-state index contributed by atoms with van der Waals surface area (Å²) in [7, 11) is 0. The minimum Gasteiger partial charge on any atom is -0.487 e. The molecule has 4 aromatic carbocycles. The topological polar surface area (TPSA) is 90.4 Å². The lowest BCUT2D eigenvalue weighted by molar-refractivity contribution is -0.146. The molecule has 7 rings (SSSR count). The van der Waals surface area contributed by atoms with Crippen molar-refractivity contribution in [3.8, 4) is 5.75 Å². The zero-order valence-corrected chi connectivity index (χ0v) is 24.2. The van der Waals surface area contributed by atoms with Crippen LogP contribution < -0.4 is 9.64 Å². The molecule has 2 saturated heterocycles. The number of anilines is 2. The first-order valence-corrected chi connectivity index (χ1v) is 15.1. The van der Waals surface area contributed by atoms with Gasteiger partial charge in [0, 0.05) is 18.2 Å². The quantitative estimate of drug-likeness (QED) is 0.308. The first-order chi connectivity index (χ1) is 21.5. The molecule has 8 nitrogen and oxygen atoms in total. The summed E-state index contributed by atoms with van der Waals surface area (Å²) in [6, 6.07) is 31.6. The third-order valence-electron chi connectivity index (χ3n) is 9.13. The normalized spacial score (nSPS) is 20.7. The van der Waals surface area contributed by atoms with Gasteiger partial charge in [0.05, 0.1) is 23.3 Å². The molecule has 3 aliphatic rings. The number of aliphatic carboxylic acids is 1. The van der Waals surface area contributed by atoms with Crippen molar-refractivity contribution in [3.63, 3.8) is 0 Å². The van der Waals surface area contributed by atoms with Gasteiger partial charge in [0.1, 0.15) is 12.4 Å². The molecule has 0 aromatic heterocycles. The molecule has 0 saturated carbocycles. The molecule has 0 spiro atoms. The molecule has 2 bridgehead atoms. The number of para-hydroxylation sites is 3. The minimum atomic E-state index is -1.21. The van der Waals surface area contributed by atoms with E-state index in [9.17, 15) is 19.5 Å². The molecule has 222 valence electrons. The molecule has 3 aliphatic heterocycles. The summed E-state index contributed by atoms with van der Waals surface area (Å²) in [6.07, 6.45) is 1.69. The Hall–Kier alpha value is -5.11. The van der Waals surface area contributed by atoms with Gasteiger partial charge < -0.3 is 19.6 Å². The summed E-state index contributed by atoms with van der Waals surface area (Å²) in [5.74, 6) is -1.29. The molecule has 1 unspecified atom stereocenters. The van der Waals surface area contributed by atoms with Gasteiger partial charge in [-0.1, -0.05) is 91.0 Å². The summed E-state index contributed by atoms with van der Waals surface area (Å²) in [6.45, 7) is 0.496. The number of hydrogen-bond donors (Lipinski definition) is 1. The van der Waals surface area contributed by atoms with Crippen LogP contribution in [0.1, 0.15) is 41.9 Å². The van der Waals surface area contributed by atoms with E-state index in [0.29, 0.717) is 36.4 Å². The van der Waals surface area contributed by atoms with Crippen LogP contribution in [0, 0.1) is 0 Å². The highest BCUT2D eigenvalue weighted by atomic mass is 16.5. The molecule has 3 amide bonds. The third kappa shape index (κ3) is 4.76. The van der Waals surface area contributed by atoms with Crippen molar-refractivity contribution in [1.29, 1.82) is 0 Å². The Morgan fingerprint density at radius 1 is 0.727 bits per heavy atom. The highest BCUT2D eigenvalue weighted by Crippen LogP contribution is 2.43. The van der Waals surface area contributed by atoms with Gasteiger partial charge >= 0.3 is 12.0 Å². The van der Waals surface area contributed by atoms with E-state index in [0.717, 1.165) is 16.7 Å². The Morgan fingerprint density at radius 3 is 2.02 bits per heavy atom. The number of nitrogens with zero attached hydrogens (tertiary/aromatic N) is 3. The van der Waals surface area contributed by atoms with Crippen LogP contribution in [0.2, 0.25) is 0 Å². The fourth-order valence-corrected chi connectivity index (χ4v) is 7.15. The number of benzene rings is 4. The highest BCUT2D eigenvalue weighted by molar-refractivity contribution is 6.03. The van der Waals surface area contributed by atoms with Crippen LogP contribution in [0.5, 0.6) is 5.75 Å². The maximum atomic E-state index is 14.7. The number of likely N-dealkylation sites (tertiary alicyclic amines) is 1. The number of fused-ring (bicyclic) bond motifs is 4. The number of amides is 3. The molecule has 3 atom stereocenters. The fraction of sp³-hybridized carbons (Fsp3) is 0.250. The van der Waals surface area contributed by atoms with Crippen molar-refractivity contribution < 1.29 is 24.2 Å². The maximum Gasteiger partial charge on any atom is 0.330 e. The monoisotopic (exact) mass is 587 g/mol. The van der Waals surface area contributed by atoms with Gasteiger partial charge in [-0.15, -0.1) is 0 Å². The van der Waals surface area contributed by atoms with Crippen LogP contribution in [0.4, 0.5) is 16.2 Å². The smallest absolute Gasteiger partial charge is 0.330 e. The van der Waals surface area contributed by atoms with E-state index in [1.807, 2.05) is 109 Å². The zero-order valence-electron chi connectivity index (χ0n) is 24.2. The predicted molar refractivity (Wildman–Crippen MR) is 166 cm³/mol. The van der Waals surface area contributed by atoms with Crippen molar-refractivity contribution in [2.75, 3.05) is 11.4 Å². The van der Waals surface area contributed by atoms with Crippen molar-refractivity contribution in [2.24, 2.45) is 0 Å². The fourth-order valence-electron chi connectivity index (χ4n) is 7.15. The average molecular weight is 588 g/mol. The third-order valence-corrected chi connectivity index (χ3v) is 9.13. The lowest BCUT2D eigenvalue weighted by Crippen LogP contribution is -2.58. The van der Waals surface area contributed by atoms with Crippen LogP contribution in [0.15, 0.2) is 109 Å². The van der Waals surface area contributed by atoms with E-state index in [1.54, 1.807) is 9.80 Å². The van der Waals surface area contributed by atoms with Gasteiger partial charge in [-0.3, -0.25) is 9.69 Å². The van der Waals surface area contributed by atoms with Crippen molar-refractivity contribution in [1.82, 2.24) is 9.80 Å². The first-order valence-electron chi connectivity index (χ1n) is 15.1. The van der Waals surface area contributed by atoms with Gasteiger partial charge in [0.15, 0.2) is 6.04 Å². The Balaban J connectivity index is 1.28. The van der Waals surface area contributed by atoms with Crippen LogP contribution >= 0.6 is 0 Å². The number of ether oxygens (including phenoxy) is 1. The number of rotatable bonds is 4. The summed E-state index contributed by atoms with van der Waals surface area (Å²) in [4.78, 5) is 47.3. The Morgan fingerprint density at radius 2 is 1.34 bits per heavy atom. The lowest BCUT2D eigenvalue weighted by Gasteiger charge is -2.38. The van der Waals surface area contributed by atoms with E-state index in [2.05, 4.69) is 0 Å². The molecule has 0 aliphatic carbocycles. The van der Waals surface area contributed by atoms with E-state index in [-0.39, 0.29) is 25.1 Å². The van der Waals surface area contributed by atoms with Gasteiger partial charge in [-0.25, -0.2) is 9.59 Å². The number of carbonyl (C=O) groups is 3. The van der Waals surface area contributed by atoms with Gasteiger partial charge in [-0.05, 0) is 48.6 Å². The van der Waals surface area contributed by atoms with E-state index >= 15 is 0 Å². The largest absolute Gasteiger partial charge is 0.487 e. The van der Waals surface area contributed by atoms with Crippen LogP contribution in [0.25, 0.3) is 0 Å². The Bertz CT molecular complexity index is 1610. The molecule has 44 heavy (non-hydrogen) atoms. The number of carboxylic acid groups (broad SMARTS) is 1. The summed E-state index contributed by atoms with van der Waals surface area (Å²) in [5, 5.41) is 10.7. The van der Waals surface area contributed by atoms with Gasteiger partial charge in [0.2, 0.25) is 5.91 Å². The molecule has 8 heteroatoms. The molecule has 2 fully saturated rings. The SMILES string of the molecule is O=C(O)[C@@H]1[C@H]2CCC(CCN1C(=O)N1c3ccccc3COc3ccccc31)N2C(=O)C(c1ccccc1)c1ccccc1. The van der Waals surface area contributed by atoms with E-state index in [1.165, 1.54) is 4.90 Å². The molecular weight excluding hydrogens is 554 g/mol. The predicted octanol–water partition coefficient (Wildman–Crippen LogP) is 6.19. The van der Waals surface area contributed by atoms with Crippen LogP contribution in [0.3, 0.4) is 0 Å². The molecule has 3 heterocycles. The van der Waals surface area contributed by atoms with Crippen molar-refractivity contribution >= 4 is 29.3 Å². The number of carboxylic acids is 1. The van der Waals surface area contributed by atoms with E-state index < -0.39 is 30.0 Å². The maximum absolute atomic E-state index is 14.7. The number of carbonyl (C=O) groups excluding carboxylic acids is 2. The number of hydrogen-bond acceptors (Lipinski definition) is 4. The minimum absolute atomic E-state index is 0.130. The second kappa shape index (κ2) is 11.5. The van der Waals surface area contributed by atoms with Crippen molar-refractivity contribution in [2.45, 2.75) is 49.9 Å². The standard InChI is InChI=1S/C36H33N3O5/c40-34(32(24-11-3-1-4-12-24)25-13-5-2-6-14-25)38-27-19-20-30(38)33(35(41)42)37(22-21-27)36(43)39-28-16-8-7-15-26(28)23-44-31-18-10-9-17-29(31)39/h1-18,27,30,32-33H,19-23H2,(H,41,42)/t27?,30-,33+/m1/s1.